The number of nitro groups is 1. The van der Waals surface area contributed by atoms with Gasteiger partial charge in [-0.1, -0.05) is 31.9 Å². The van der Waals surface area contributed by atoms with Crippen LogP contribution >= 0.6 is 0 Å². The second-order valence-electron chi connectivity index (χ2n) is 8.34. The van der Waals surface area contributed by atoms with Gasteiger partial charge in [-0.05, 0) is 25.8 Å². The van der Waals surface area contributed by atoms with E-state index in [1.807, 2.05) is 13.8 Å². The van der Waals surface area contributed by atoms with Gasteiger partial charge in [-0.25, -0.2) is 9.97 Å². The fourth-order valence-electron chi connectivity index (χ4n) is 4.10. The van der Waals surface area contributed by atoms with Gasteiger partial charge in [0.15, 0.2) is 0 Å². The smallest absolute Gasteiger partial charge is 0.269 e. The van der Waals surface area contributed by atoms with Gasteiger partial charge in [-0.3, -0.25) is 15.0 Å². The van der Waals surface area contributed by atoms with E-state index in [9.17, 15) is 15.2 Å². The number of aryl methyl sites for hydroxylation is 2. The highest BCUT2D eigenvalue weighted by Gasteiger charge is 2.23. The number of hydrogen-bond donors (Lipinski definition) is 1. The number of β-amino-alcohol motifs (C(OH)–C–C–N with tert-alkyl or cyclic N) is 1. The number of nitro benzene ring substituents is 1. The highest BCUT2D eigenvalue weighted by Crippen LogP contribution is 2.26. The van der Waals surface area contributed by atoms with E-state index < -0.39 is 0 Å². The summed E-state index contributed by atoms with van der Waals surface area (Å²) in [6, 6.07) is 6.69. The van der Waals surface area contributed by atoms with E-state index in [1.54, 1.807) is 24.3 Å². The third kappa shape index (κ3) is 6.21. The maximum Gasteiger partial charge on any atom is 0.269 e. The number of aromatic nitrogens is 2. The molecule has 0 spiro atoms. The molecule has 1 aliphatic rings. The standard InChI is InChI=1S/C23H33N5O3/c1-4-5-6-21(29)16-26-11-13-27(14-12-26)23-22(17(2)24-18(3)25-23)15-19-7-9-20(10-8-19)28(30)31/h7-10,21,29H,4-6,11-16H2,1-3H3. The van der Waals surface area contributed by atoms with Crippen LogP contribution in [0.25, 0.3) is 0 Å². The Morgan fingerprint density at radius 2 is 1.81 bits per heavy atom. The molecule has 1 saturated heterocycles. The predicted octanol–water partition coefficient (Wildman–Crippen LogP) is 3.27. The largest absolute Gasteiger partial charge is 0.392 e. The van der Waals surface area contributed by atoms with Crippen LogP contribution in [0.2, 0.25) is 0 Å². The number of aliphatic hydroxyl groups excluding tert-OH is 1. The molecule has 1 N–H and O–H groups in total. The van der Waals surface area contributed by atoms with E-state index in [1.165, 1.54) is 0 Å². The number of piperazine rings is 1. The fraction of sp³-hybridized carbons (Fsp3) is 0.565. The van der Waals surface area contributed by atoms with Crippen LogP contribution in [-0.2, 0) is 6.42 Å². The third-order valence-corrected chi connectivity index (χ3v) is 5.86. The van der Waals surface area contributed by atoms with Gasteiger partial charge in [0, 0.05) is 62.5 Å². The van der Waals surface area contributed by atoms with Gasteiger partial charge in [-0.15, -0.1) is 0 Å². The second kappa shape index (κ2) is 10.6. The molecule has 8 nitrogen and oxygen atoms in total. The molecule has 0 bridgehead atoms. The minimum Gasteiger partial charge on any atom is -0.392 e. The Morgan fingerprint density at radius 1 is 1.13 bits per heavy atom. The van der Waals surface area contributed by atoms with Gasteiger partial charge in [0.1, 0.15) is 11.6 Å². The van der Waals surface area contributed by atoms with Crippen molar-refractivity contribution in [3.8, 4) is 0 Å². The molecule has 168 valence electrons. The molecule has 31 heavy (non-hydrogen) atoms. The van der Waals surface area contributed by atoms with E-state index in [-0.39, 0.29) is 16.7 Å². The van der Waals surface area contributed by atoms with Gasteiger partial charge in [0.2, 0.25) is 0 Å². The number of nitrogens with zero attached hydrogens (tertiary/aromatic N) is 5. The lowest BCUT2D eigenvalue weighted by Gasteiger charge is -2.37. The van der Waals surface area contributed by atoms with E-state index in [2.05, 4.69) is 21.7 Å². The zero-order chi connectivity index (χ0) is 22.4. The number of aliphatic hydroxyl groups is 1. The van der Waals surface area contributed by atoms with Crippen molar-refractivity contribution in [1.29, 1.82) is 0 Å². The van der Waals surface area contributed by atoms with Crippen LogP contribution in [0.15, 0.2) is 24.3 Å². The minimum absolute atomic E-state index is 0.0955. The van der Waals surface area contributed by atoms with E-state index in [0.717, 1.165) is 80.4 Å². The quantitative estimate of drug-likeness (QED) is 0.485. The Morgan fingerprint density at radius 3 is 2.42 bits per heavy atom. The molecular weight excluding hydrogens is 394 g/mol. The average molecular weight is 428 g/mol. The van der Waals surface area contributed by atoms with Crippen LogP contribution in [0.1, 0.15) is 48.8 Å². The summed E-state index contributed by atoms with van der Waals surface area (Å²) < 4.78 is 0. The van der Waals surface area contributed by atoms with Gasteiger partial charge in [-0.2, -0.15) is 0 Å². The molecule has 3 rings (SSSR count). The SMILES string of the molecule is CCCCC(O)CN1CCN(c2nc(C)nc(C)c2Cc2ccc([N+](=O)[O-])cc2)CC1. The van der Waals surface area contributed by atoms with Crippen molar-refractivity contribution in [2.45, 2.75) is 52.6 Å². The number of unbranched alkanes of at least 4 members (excludes halogenated alkanes) is 1. The van der Waals surface area contributed by atoms with Crippen molar-refractivity contribution in [2.75, 3.05) is 37.6 Å². The molecule has 1 atom stereocenters. The Kier molecular flexibility index (Phi) is 7.92. The first kappa shape index (κ1) is 23.1. The predicted molar refractivity (Wildman–Crippen MR) is 122 cm³/mol. The fourth-order valence-corrected chi connectivity index (χ4v) is 4.10. The zero-order valence-electron chi connectivity index (χ0n) is 18.8. The maximum absolute atomic E-state index is 10.9. The first-order valence-electron chi connectivity index (χ1n) is 11.1. The van der Waals surface area contributed by atoms with Crippen LogP contribution in [0.4, 0.5) is 11.5 Å². The summed E-state index contributed by atoms with van der Waals surface area (Å²) in [5.41, 5.74) is 3.10. The Labute approximate surface area is 184 Å². The van der Waals surface area contributed by atoms with Crippen molar-refractivity contribution >= 4 is 11.5 Å². The van der Waals surface area contributed by atoms with E-state index >= 15 is 0 Å². The lowest BCUT2D eigenvalue weighted by atomic mass is 10.0. The molecule has 1 aromatic carbocycles. The van der Waals surface area contributed by atoms with Crippen LogP contribution < -0.4 is 4.90 Å². The molecule has 0 aliphatic carbocycles. The Bertz CT molecular complexity index is 880. The second-order valence-corrected chi connectivity index (χ2v) is 8.34. The summed E-state index contributed by atoms with van der Waals surface area (Å²) in [5, 5.41) is 21.2. The number of non-ortho nitro benzene ring substituents is 1. The molecule has 2 aromatic rings. The number of rotatable bonds is 9. The van der Waals surface area contributed by atoms with E-state index in [4.69, 9.17) is 4.98 Å². The van der Waals surface area contributed by atoms with Gasteiger partial charge in [0.05, 0.1) is 11.0 Å². The molecule has 1 aliphatic heterocycles. The third-order valence-electron chi connectivity index (χ3n) is 5.86. The van der Waals surface area contributed by atoms with Crippen molar-refractivity contribution in [1.82, 2.24) is 14.9 Å². The Balaban J connectivity index is 1.71. The molecule has 1 unspecified atom stereocenters. The van der Waals surface area contributed by atoms with Crippen molar-refractivity contribution < 1.29 is 10.0 Å². The first-order valence-corrected chi connectivity index (χ1v) is 11.1. The summed E-state index contributed by atoms with van der Waals surface area (Å²) in [5.74, 6) is 1.70. The highest BCUT2D eigenvalue weighted by atomic mass is 16.6. The van der Waals surface area contributed by atoms with E-state index in [0.29, 0.717) is 6.42 Å². The number of anilines is 1. The van der Waals surface area contributed by atoms with Gasteiger partial charge < -0.3 is 10.0 Å². The van der Waals surface area contributed by atoms with Crippen molar-refractivity contribution in [3.05, 3.63) is 57.0 Å². The number of hydrogen-bond acceptors (Lipinski definition) is 7. The molecule has 0 amide bonds. The van der Waals surface area contributed by atoms with Crippen LogP contribution in [0.3, 0.4) is 0 Å². The molecule has 0 radical (unpaired) electrons. The molecule has 2 heterocycles. The van der Waals surface area contributed by atoms with Crippen LogP contribution in [-0.4, -0.2) is 63.7 Å². The topological polar surface area (TPSA) is 95.6 Å². The molecule has 1 fully saturated rings. The van der Waals surface area contributed by atoms with Gasteiger partial charge >= 0.3 is 0 Å². The lowest BCUT2D eigenvalue weighted by Crippen LogP contribution is -2.49. The normalized spacial score (nSPS) is 15.8. The highest BCUT2D eigenvalue weighted by molar-refractivity contribution is 5.52. The van der Waals surface area contributed by atoms with Crippen LogP contribution in [0.5, 0.6) is 0 Å². The zero-order valence-corrected chi connectivity index (χ0v) is 18.8. The maximum atomic E-state index is 10.9. The van der Waals surface area contributed by atoms with Crippen LogP contribution in [0, 0.1) is 24.0 Å². The molecule has 0 saturated carbocycles. The molecule has 8 heteroatoms. The lowest BCUT2D eigenvalue weighted by molar-refractivity contribution is -0.384. The van der Waals surface area contributed by atoms with Gasteiger partial charge in [0.25, 0.3) is 5.69 Å². The summed E-state index contributed by atoms with van der Waals surface area (Å²) in [6.45, 7) is 10.3. The summed E-state index contributed by atoms with van der Waals surface area (Å²) in [6.07, 6.45) is 3.41. The Hall–Kier alpha value is -2.58. The molecule has 1 aromatic heterocycles. The van der Waals surface area contributed by atoms with Crippen molar-refractivity contribution in [3.63, 3.8) is 0 Å². The van der Waals surface area contributed by atoms with Crippen molar-refractivity contribution in [2.24, 2.45) is 0 Å². The average Bonchev–Trinajstić information content (AvgIpc) is 2.75. The molecular formula is C23H33N5O3. The minimum atomic E-state index is -0.381. The monoisotopic (exact) mass is 427 g/mol. The summed E-state index contributed by atoms with van der Waals surface area (Å²) >= 11 is 0. The first-order chi connectivity index (χ1) is 14.9. The summed E-state index contributed by atoms with van der Waals surface area (Å²) in [4.78, 5) is 24.5. The summed E-state index contributed by atoms with van der Waals surface area (Å²) in [7, 11) is 0. The number of benzene rings is 1.